The van der Waals surface area contributed by atoms with E-state index in [4.69, 9.17) is 10.2 Å². The summed E-state index contributed by atoms with van der Waals surface area (Å²) in [5, 5.41) is 16.7. The van der Waals surface area contributed by atoms with Crippen LogP contribution in [0.1, 0.15) is 0 Å². The maximum Gasteiger partial charge on any atom is 0.538 e. The molecule has 0 aliphatic rings. The lowest BCUT2D eigenvalue weighted by Crippen LogP contribution is -2.42. The third-order valence-corrected chi connectivity index (χ3v) is 1.99. The predicted octanol–water partition coefficient (Wildman–Crippen LogP) is -1.29. The van der Waals surface area contributed by atoms with Gasteiger partial charge in [-0.15, -0.1) is 13.2 Å². The average Bonchev–Trinajstić information content (AvgIpc) is 1.95. The molecule has 0 aromatic carbocycles. The first-order chi connectivity index (χ1) is 6.20. The van der Waals surface area contributed by atoms with Crippen molar-refractivity contribution in [1.29, 1.82) is 0 Å². The molecule has 0 bridgehead atoms. The number of hydrogen-bond acceptors (Lipinski definition) is 5. The highest BCUT2D eigenvalue weighted by atomic mass is 32.2. The number of hydrogen-bond donors (Lipinski definition) is 3. The van der Waals surface area contributed by atoms with Gasteiger partial charge >= 0.3 is 16.7 Å². The number of alkyl halides is 3. The van der Waals surface area contributed by atoms with E-state index in [1.165, 1.54) is 4.72 Å². The van der Waals surface area contributed by atoms with Gasteiger partial charge in [-0.25, -0.2) is 0 Å². The van der Waals surface area contributed by atoms with E-state index < -0.39 is 35.9 Å². The van der Waals surface area contributed by atoms with E-state index in [0.29, 0.717) is 0 Å². The van der Waals surface area contributed by atoms with Gasteiger partial charge in [-0.2, -0.15) is 17.3 Å². The Morgan fingerprint density at radius 1 is 1.29 bits per heavy atom. The fraction of sp³-hybridized carbons (Fsp3) is 1.00. The van der Waals surface area contributed by atoms with E-state index in [-0.39, 0.29) is 0 Å². The van der Waals surface area contributed by atoms with Crippen LogP contribution in [0, 0.1) is 0 Å². The van der Waals surface area contributed by atoms with Crippen molar-refractivity contribution in [1.82, 2.24) is 4.72 Å². The topological polar surface area (TPSA) is 95.9 Å². The summed E-state index contributed by atoms with van der Waals surface area (Å²) in [6, 6.07) is -1.43. The van der Waals surface area contributed by atoms with Crippen molar-refractivity contribution in [2.24, 2.45) is 0 Å². The van der Waals surface area contributed by atoms with Crippen molar-refractivity contribution in [2.75, 3.05) is 13.2 Å². The molecule has 86 valence electrons. The lowest BCUT2D eigenvalue weighted by atomic mass is 10.4. The minimum Gasteiger partial charge on any atom is -0.395 e. The van der Waals surface area contributed by atoms with E-state index in [0.717, 1.165) is 0 Å². The van der Waals surface area contributed by atoms with Crippen LogP contribution < -0.4 is 4.72 Å². The van der Waals surface area contributed by atoms with Crippen LogP contribution in [-0.2, 0) is 14.5 Å². The van der Waals surface area contributed by atoms with Crippen LogP contribution in [0.3, 0.4) is 0 Å². The molecule has 0 atom stereocenters. The first-order valence-corrected chi connectivity index (χ1v) is 4.62. The van der Waals surface area contributed by atoms with Crippen LogP contribution in [0.4, 0.5) is 13.2 Å². The summed E-state index contributed by atoms with van der Waals surface area (Å²) in [6.45, 7) is -1.70. The molecule has 3 N–H and O–H groups in total. The van der Waals surface area contributed by atoms with Gasteiger partial charge in [0.25, 0.3) is 0 Å². The van der Waals surface area contributed by atoms with Crippen molar-refractivity contribution in [3.05, 3.63) is 0 Å². The van der Waals surface area contributed by atoms with Crippen molar-refractivity contribution >= 4 is 10.3 Å². The van der Waals surface area contributed by atoms with Crippen molar-refractivity contribution in [3.8, 4) is 0 Å². The monoisotopic (exact) mass is 239 g/mol. The smallest absolute Gasteiger partial charge is 0.395 e. The Kier molecular flexibility index (Phi) is 4.74. The molecular formula is C4H8F3NO5S. The second-order valence-corrected chi connectivity index (χ2v) is 3.47. The van der Waals surface area contributed by atoms with Crippen LogP contribution in [-0.4, -0.2) is 44.2 Å². The molecule has 14 heavy (non-hydrogen) atoms. The third-order valence-electron chi connectivity index (χ3n) is 0.956. The molecule has 6 nitrogen and oxygen atoms in total. The van der Waals surface area contributed by atoms with Gasteiger partial charge in [0.1, 0.15) is 0 Å². The molecule has 0 aliphatic carbocycles. The number of aliphatic hydroxyl groups excluding tert-OH is 2. The largest absolute Gasteiger partial charge is 0.538 e. The van der Waals surface area contributed by atoms with Gasteiger partial charge in [-0.05, 0) is 0 Å². The van der Waals surface area contributed by atoms with Crippen molar-refractivity contribution < 1.29 is 36.0 Å². The molecule has 0 rings (SSSR count). The Hall–Kier alpha value is -0.420. The number of halogens is 3. The summed E-state index contributed by atoms with van der Waals surface area (Å²) in [4.78, 5) is 0. The summed E-state index contributed by atoms with van der Waals surface area (Å²) in [6.07, 6.45) is -5.35. The summed E-state index contributed by atoms with van der Waals surface area (Å²) in [5.41, 5.74) is 0. The molecule has 0 unspecified atom stereocenters. The number of aliphatic hydroxyl groups is 2. The fourth-order valence-electron chi connectivity index (χ4n) is 0.485. The molecule has 0 saturated heterocycles. The third kappa shape index (κ3) is 6.10. The molecule has 0 heterocycles. The standard InChI is InChI=1S/C4H8F3NO5S/c5-4(6,7)13-14(11,12)8-3(1-9)2-10/h3,8-10H,1-2H2. The van der Waals surface area contributed by atoms with E-state index in [2.05, 4.69) is 4.18 Å². The molecular weight excluding hydrogens is 231 g/mol. The highest BCUT2D eigenvalue weighted by Gasteiger charge is 2.37. The quantitative estimate of drug-likeness (QED) is 0.554. The minimum absolute atomic E-state index is 0.850. The molecule has 10 heteroatoms. The second kappa shape index (κ2) is 4.89. The molecule has 0 radical (unpaired) electrons. The number of rotatable bonds is 5. The van der Waals surface area contributed by atoms with Gasteiger partial charge in [-0.1, -0.05) is 0 Å². The molecule has 0 aromatic heterocycles. The average molecular weight is 239 g/mol. The SMILES string of the molecule is O=S(=O)(NC(CO)CO)OC(F)(F)F. The molecule has 0 spiro atoms. The Balaban J connectivity index is 4.35. The highest BCUT2D eigenvalue weighted by molar-refractivity contribution is 7.84. The maximum atomic E-state index is 11.4. The zero-order valence-corrected chi connectivity index (χ0v) is 7.47. The second-order valence-electron chi connectivity index (χ2n) is 2.16. The van der Waals surface area contributed by atoms with Gasteiger partial charge in [0.15, 0.2) is 0 Å². The summed E-state index contributed by atoms with van der Waals surface area (Å²) < 4.78 is 59.3. The zero-order valence-electron chi connectivity index (χ0n) is 6.65. The Morgan fingerprint density at radius 3 is 2.00 bits per heavy atom. The number of nitrogens with one attached hydrogen (secondary N) is 1. The predicted molar refractivity (Wildman–Crippen MR) is 37.2 cm³/mol. The summed E-state index contributed by atoms with van der Waals surface area (Å²) >= 11 is 0. The summed E-state index contributed by atoms with van der Waals surface area (Å²) in [7, 11) is -5.06. The van der Waals surface area contributed by atoms with E-state index in [1.807, 2.05) is 0 Å². The van der Waals surface area contributed by atoms with Gasteiger partial charge in [0, 0.05) is 0 Å². The van der Waals surface area contributed by atoms with E-state index >= 15 is 0 Å². The molecule has 0 amide bonds. The molecule has 0 fully saturated rings. The lowest BCUT2D eigenvalue weighted by Gasteiger charge is -2.14. The molecule has 0 saturated carbocycles. The van der Waals surface area contributed by atoms with Crippen molar-refractivity contribution in [2.45, 2.75) is 12.4 Å². The van der Waals surface area contributed by atoms with E-state index in [1.54, 1.807) is 0 Å². The van der Waals surface area contributed by atoms with Gasteiger partial charge < -0.3 is 10.2 Å². The zero-order chi connectivity index (χ0) is 11.4. The van der Waals surface area contributed by atoms with Gasteiger partial charge in [0.05, 0.1) is 19.3 Å². The van der Waals surface area contributed by atoms with Crippen LogP contribution in [0.2, 0.25) is 0 Å². The van der Waals surface area contributed by atoms with Crippen LogP contribution in [0.25, 0.3) is 0 Å². The Bertz CT molecular complexity index is 259. The summed E-state index contributed by atoms with van der Waals surface area (Å²) in [5.74, 6) is 0. The highest BCUT2D eigenvalue weighted by Crippen LogP contribution is 2.18. The first-order valence-electron chi connectivity index (χ1n) is 3.21. The molecule has 0 aliphatic heterocycles. The van der Waals surface area contributed by atoms with Gasteiger partial charge in [-0.3, -0.25) is 0 Å². The fourth-order valence-corrected chi connectivity index (χ4v) is 1.34. The maximum absolute atomic E-state index is 11.4. The van der Waals surface area contributed by atoms with Crippen LogP contribution >= 0.6 is 0 Å². The van der Waals surface area contributed by atoms with Gasteiger partial charge in [0.2, 0.25) is 0 Å². The first kappa shape index (κ1) is 13.6. The van der Waals surface area contributed by atoms with Crippen LogP contribution in [0.5, 0.6) is 0 Å². The van der Waals surface area contributed by atoms with Crippen molar-refractivity contribution in [3.63, 3.8) is 0 Å². The molecule has 0 aromatic rings. The lowest BCUT2D eigenvalue weighted by molar-refractivity contribution is -0.272. The minimum atomic E-state index is -5.35. The normalized spacial score (nSPS) is 13.6. The van der Waals surface area contributed by atoms with Crippen LogP contribution in [0.15, 0.2) is 0 Å². The Morgan fingerprint density at radius 2 is 1.71 bits per heavy atom. The Labute approximate surface area is 77.6 Å². The van der Waals surface area contributed by atoms with E-state index in [9.17, 15) is 21.6 Å².